The van der Waals surface area contributed by atoms with Crippen LogP contribution in [0.15, 0.2) is 41.3 Å². The molecule has 0 aliphatic rings. The van der Waals surface area contributed by atoms with Crippen molar-refractivity contribution in [1.29, 1.82) is 0 Å². The highest BCUT2D eigenvalue weighted by Gasteiger charge is 2.39. The van der Waals surface area contributed by atoms with Gasteiger partial charge in [-0.25, -0.2) is 12.8 Å². The Morgan fingerprint density at radius 1 is 1.00 bits per heavy atom. The van der Waals surface area contributed by atoms with E-state index < -0.39 is 91.1 Å². The molecule has 1 unspecified atom stereocenters. The Hall–Kier alpha value is -2.64. The predicted molar refractivity (Wildman–Crippen MR) is 126 cm³/mol. The normalized spacial score (nSPS) is 13.5. The van der Waals surface area contributed by atoms with Crippen LogP contribution in [0.2, 0.25) is 10.0 Å². The van der Waals surface area contributed by atoms with E-state index in [1.807, 2.05) is 0 Å². The number of sulfone groups is 1. The van der Waals surface area contributed by atoms with Crippen LogP contribution in [0, 0.1) is 5.82 Å². The third kappa shape index (κ3) is 8.98. The van der Waals surface area contributed by atoms with Gasteiger partial charge in [0, 0.05) is 24.7 Å². The van der Waals surface area contributed by atoms with Gasteiger partial charge in [-0.2, -0.15) is 26.3 Å². The summed E-state index contributed by atoms with van der Waals surface area (Å²) in [7, 11) is -4.11. The molecule has 0 aliphatic carbocycles. The molecule has 1 atom stereocenters. The lowest BCUT2D eigenvalue weighted by molar-refractivity contribution is -0.139. The Labute approximate surface area is 222 Å². The van der Waals surface area contributed by atoms with E-state index in [9.17, 15) is 48.7 Å². The molecular weight excluding hydrogens is 590 g/mol. The van der Waals surface area contributed by atoms with Crippen molar-refractivity contribution in [1.82, 2.24) is 5.32 Å². The van der Waals surface area contributed by atoms with E-state index in [4.69, 9.17) is 23.2 Å². The molecule has 1 N–H and O–H groups in total. The summed E-state index contributed by atoms with van der Waals surface area (Å²) in [6, 6.07) is 4.58. The van der Waals surface area contributed by atoms with Gasteiger partial charge < -0.3 is 5.32 Å². The van der Waals surface area contributed by atoms with Crippen molar-refractivity contribution < 1.29 is 48.7 Å². The van der Waals surface area contributed by atoms with Gasteiger partial charge in [-0.3, -0.25) is 9.59 Å². The second-order valence-electron chi connectivity index (χ2n) is 8.02. The first-order valence-electron chi connectivity index (χ1n) is 10.4. The summed E-state index contributed by atoms with van der Waals surface area (Å²) in [5, 5.41) is 0.304. The van der Waals surface area contributed by atoms with Crippen molar-refractivity contribution >= 4 is 50.8 Å². The van der Waals surface area contributed by atoms with Gasteiger partial charge in [-0.1, -0.05) is 41.4 Å². The third-order valence-corrected chi connectivity index (χ3v) is 6.66. The van der Waals surface area contributed by atoms with Crippen LogP contribution < -0.4 is 5.32 Å². The molecule has 208 valence electrons. The second-order valence-corrected chi connectivity index (χ2v) is 10.8. The largest absolute Gasteiger partial charge is 0.405 e. The van der Waals surface area contributed by atoms with Crippen LogP contribution in [-0.4, -0.2) is 45.3 Å². The van der Waals surface area contributed by atoms with Gasteiger partial charge in [0.2, 0.25) is 5.91 Å². The highest BCUT2D eigenvalue weighted by Crippen LogP contribution is 2.39. The Bertz CT molecular complexity index is 1330. The van der Waals surface area contributed by atoms with Crippen molar-refractivity contribution in [3.05, 3.63) is 69.0 Å². The minimum absolute atomic E-state index is 0.0570. The zero-order chi connectivity index (χ0) is 29.1. The lowest BCUT2D eigenvalue weighted by Crippen LogP contribution is -2.33. The first-order valence-corrected chi connectivity index (χ1v) is 13.0. The van der Waals surface area contributed by atoms with Crippen LogP contribution in [0.25, 0.3) is 6.08 Å². The second kappa shape index (κ2) is 12.0. The fourth-order valence-electron chi connectivity index (χ4n) is 3.20. The van der Waals surface area contributed by atoms with Crippen LogP contribution >= 0.6 is 23.2 Å². The molecule has 0 fully saturated rings. The maximum Gasteiger partial charge on any atom is 0.405 e. The number of allylic oxidation sites excluding steroid dienone is 1. The van der Waals surface area contributed by atoms with E-state index in [0.717, 1.165) is 42.7 Å². The number of nitrogens with one attached hydrogen (secondary N) is 1. The number of hydrogen-bond acceptors (Lipinski definition) is 4. The predicted octanol–water partition coefficient (Wildman–Crippen LogP) is 6.54. The standard InChI is InChI=1S/C23H18Cl2F7NO4S/c1-38(36,37)19-8-12(2-4-14(19)18(34)6-7-20(35)33-11-22(27,28)29)3-5-15(23(30,31)32)13-9-16(24)21(26)17(25)10-13/h2-5,8-10,15H,6-7,11H2,1H3,(H,33,35)/b5-3+. The number of hydrogen-bond donors (Lipinski definition) is 1. The van der Waals surface area contributed by atoms with E-state index in [1.165, 1.54) is 0 Å². The number of rotatable bonds is 9. The lowest BCUT2D eigenvalue weighted by Gasteiger charge is -2.18. The lowest BCUT2D eigenvalue weighted by atomic mass is 9.96. The Morgan fingerprint density at radius 3 is 2.08 bits per heavy atom. The molecular formula is C23H18Cl2F7NO4S. The Kier molecular flexibility index (Phi) is 10.0. The molecule has 2 aromatic rings. The molecule has 0 radical (unpaired) electrons. The minimum Gasteiger partial charge on any atom is -0.347 e. The van der Waals surface area contributed by atoms with Gasteiger partial charge in [0.25, 0.3) is 0 Å². The summed E-state index contributed by atoms with van der Waals surface area (Å²) < 4.78 is 116. The fraction of sp³-hybridized carbons (Fsp3) is 0.304. The maximum atomic E-state index is 13.7. The SMILES string of the molecule is CS(=O)(=O)c1cc(/C=C/C(c2cc(Cl)c(F)c(Cl)c2)C(F)(F)F)ccc1C(=O)CCC(=O)NCC(F)(F)F. The minimum atomic E-state index is -4.87. The van der Waals surface area contributed by atoms with Crippen LogP contribution in [0.3, 0.4) is 0 Å². The average Bonchev–Trinajstić information content (AvgIpc) is 2.77. The quantitative estimate of drug-likeness (QED) is 0.199. The number of carbonyl (C=O) groups excluding carboxylic acids is 2. The van der Waals surface area contributed by atoms with Crippen LogP contribution in [0.5, 0.6) is 0 Å². The fourth-order valence-corrected chi connectivity index (χ4v) is 4.64. The van der Waals surface area contributed by atoms with Crippen LogP contribution in [0.1, 0.15) is 40.2 Å². The molecule has 1 amide bonds. The van der Waals surface area contributed by atoms with E-state index in [0.29, 0.717) is 6.08 Å². The summed E-state index contributed by atoms with van der Waals surface area (Å²) in [5.41, 5.74) is -0.930. The first-order chi connectivity index (χ1) is 17.3. The smallest absolute Gasteiger partial charge is 0.347 e. The van der Waals surface area contributed by atoms with Crippen molar-refractivity contribution in [2.24, 2.45) is 0 Å². The topological polar surface area (TPSA) is 80.3 Å². The molecule has 0 saturated heterocycles. The number of Topliss-reactive ketones (excluding diaryl/α,β-unsaturated/α-hetero) is 1. The molecule has 0 aliphatic heterocycles. The summed E-state index contributed by atoms with van der Waals surface area (Å²) in [6.45, 7) is -1.61. The van der Waals surface area contributed by atoms with Gasteiger partial charge in [-0.15, -0.1) is 0 Å². The molecule has 0 bridgehead atoms. The molecule has 38 heavy (non-hydrogen) atoms. The van der Waals surface area contributed by atoms with E-state index in [1.54, 1.807) is 5.32 Å². The Morgan fingerprint density at radius 2 is 1.58 bits per heavy atom. The Balaban J connectivity index is 2.35. The first kappa shape index (κ1) is 31.6. The molecule has 0 aromatic heterocycles. The molecule has 15 heteroatoms. The van der Waals surface area contributed by atoms with E-state index in [2.05, 4.69) is 0 Å². The molecule has 5 nitrogen and oxygen atoms in total. The van der Waals surface area contributed by atoms with Crippen molar-refractivity contribution in [2.45, 2.75) is 36.0 Å². The molecule has 2 aromatic carbocycles. The van der Waals surface area contributed by atoms with Crippen LogP contribution in [-0.2, 0) is 14.6 Å². The number of amides is 1. The van der Waals surface area contributed by atoms with Crippen molar-refractivity contribution in [2.75, 3.05) is 12.8 Å². The summed E-state index contributed by atoms with van der Waals surface area (Å²) in [5.74, 6) is -5.38. The number of ketones is 1. The highest BCUT2D eigenvalue weighted by atomic mass is 35.5. The van der Waals surface area contributed by atoms with Gasteiger partial charge in [0.1, 0.15) is 6.54 Å². The molecule has 0 spiro atoms. The molecule has 0 heterocycles. The third-order valence-electron chi connectivity index (χ3n) is 4.97. The van der Waals surface area contributed by atoms with Gasteiger partial charge in [0.05, 0.1) is 20.9 Å². The monoisotopic (exact) mass is 607 g/mol. The van der Waals surface area contributed by atoms with E-state index >= 15 is 0 Å². The zero-order valence-electron chi connectivity index (χ0n) is 19.2. The number of halogens is 9. The summed E-state index contributed by atoms with van der Waals surface area (Å²) in [6.07, 6.45) is -8.48. The summed E-state index contributed by atoms with van der Waals surface area (Å²) >= 11 is 11.2. The van der Waals surface area contributed by atoms with Gasteiger partial charge >= 0.3 is 12.4 Å². The summed E-state index contributed by atoms with van der Waals surface area (Å²) in [4.78, 5) is 23.5. The zero-order valence-corrected chi connectivity index (χ0v) is 21.5. The van der Waals surface area contributed by atoms with E-state index in [-0.39, 0.29) is 5.56 Å². The average molecular weight is 608 g/mol. The van der Waals surface area contributed by atoms with Crippen LogP contribution in [0.4, 0.5) is 30.7 Å². The molecule has 0 saturated carbocycles. The van der Waals surface area contributed by atoms with Gasteiger partial charge in [0.15, 0.2) is 21.4 Å². The highest BCUT2D eigenvalue weighted by molar-refractivity contribution is 7.90. The van der Waals surface area contributed by atoms with Gasteiger partial charge in [-0.05, 0) is 35.4 Å². The number of alkyl halides is 6. The molecule has 2 rings (SSSR count). The maximum absolute atomic E-state index is 13.7. The van der Waals surface area contributed by atoms with Crippen molar-refractivity contribution in [3.8, 4) is 0 Å². The number of carbonyl (C=O) groups is 2. The number of benzene rings is 2. The van der Waals surface area contributed by atoms with Crippen molar-refractivity contribution in [3.63, 3.8) is 0 Å².